The van der Waals surface area contributed by atoms with Gasteiger partial charge in [-0.15, -0.1) is 0 Å². The van der Waals surface area contributed by atoms with E-state index in [1.165, 1.54) is 0 Å². The number of hydrogen-bond acceptors (Lipinski definition) is 4. The van der Waals surface area contributed by atoms with Crippen molar-refractivity contribution in [2.75, 3.05) is 6.79 Å². The Morgan fingerprint density at radius 2 is 1.84 bits per heavy atom. The highest BCUT2D eigenvalue weighted by Gasteiger charge is 2.25. The minimum absolute atomic E-state index is 0.249. The number of aryl methyl sites for hydroxylation is 1. The summed E-state index contributed by atoms with van der Waals surface area (Å²) in [7, 11) is 0. The van der Waals surface area contributed by atoms with Gasteiger partial charge in [-0.05, 0) is 36.8 Å². The molecule has 0 spiro atoms. The fourth-order valence-corrected chi connectivity index (χ4v) is 3.36. The summed E-state index contributed by atoms with van der Waals surface area (Å²) in [4.78, 5) is 4.51. The van der Waals surface area contributed by atoms with E-state index in [1.807, 2.05) is 54.2 Å². The first kappa shape index (κ1) is 14.5. The summed E-state index contributed by atoms with van der Waals surface area (Å²) in [6.45, 7) is 2.25. The molecular formula is C19H14ClN3O2. The number of nitrogens with zero attached hydrogens (tertiary/aromatic N) is 3. The molecule has 0 unspecified atom stereocenters. The fourth-order valence-electron chi connectivity index (χ4n) is 3.23. The molecule has 0 saturated carbocycles. The molecule has 1 aromatic heterocycles. The zero-order chi connectivity index (χ0) is 17.0. The third-order valence-electron chi connectivity index (χ3n) is 4.50. The van der Waals surface area contributed by atoms with Crippen LogP contribution in [0, 0.1) is 6.92 Å². The van der Waals surface area contributed by atoms with Gasteiger partial charge in [0.1, 0.15) is 5.82 Å². The van der Waals surface area contributed by atoms with Crippen molar-refractivity contribution in [2.45, 2.75) is 13.3 Å². The summed E-state index contributed by atoms with van der Waals surface area (Å²) in [5, 5.41) is 5.59. The van der Waals surface area contributed by atoms with Crippen LogP contribution in [-0.2, 0) is 6.42 Å². The van der Waals surface area contributed by atoms with Crippen molar-refractivity contribution in [3.8, 4) is 11.5 Å². The predicted octanol–water partition coefficient (Wildman–Crippen LogP) is 3.78. The molecule has 5 rings (SSSR count). The molecule has 0 atom stereocenters. The SMILES string of the molecule is Cc1cnc2n1N=C(c1ccc(Cl)cc1)c1cc3c(cc1C2)OCO3. The number of aromatic nitrogens is 2. The number of benzene rings is 2. The van der Waals surface area contributed by atoms with Crippen LogP contribution < -0.4 is 9.47 Å². The van der Waals surface area contributed by atoms with E-state index in [2.05, 4.69) is 4.98 Å². The molecule has 0 amide bonds. The van der Waals surface area contributed by atoms with E-state index in [4.69, 9.17) is 26.2 Å². The fraction of sp³-hybridized carbons (Fsp3) is 0.158. The van der Waals surface area contributed by atoms with Crippen LogP contribution in [-0.4, -0.2) is 22.2 Å². The van der Waals surface area contributed by atoms with E-state index in [0.29, 0.717) is 11.4 Å². The lowest BCUT2D eigenvalue weighted by atomic mass is 9.95. The Morgan fingerprint density at radius 1 is 1.08 bits per heavy atom. The summed E-state index contributed by atoms with van der Waals surface area (Å²) < 4.78 is 13.0. The van der Waals surface area contributed by atoms with Crippen molar-refractivity contribution in [1.29, 1.82) is 0 Å². The molecule has 0 aliphatic carbocycles. The first-order chi connectivity index (χ1) is 12.2. The van der Waals surface area contributed by atoms with Gasteiger partial charge in [0, 0.05) is 22.6 Å². The second-order valence-electron chi connectivity index (χ2n) is 6.12. The average Bonchev–Trinajstić information content (AvgIpc) is 3.16. The molecule has 0 fully saturated rings. The van der Waals surface area contributed by atoms with Gasteiger partial charge in [0.25, 0.3) is 0 Å². The summed E-state index contributed by atoms with van der Waals surface area (Å²) in [6, 6.07) is 11.7. The van der Waals surface area contributed by atoms with Crippen LogP contribution >= 0.6 is 11.6 Å². The number of ether oxygens (including phenoxy) is 2. The summed E-state index contributed by atoms with van der Waals surface area (Å²) >= 11 is 6.06. The molecule has 6 heteroatoms. The van der Waals surface area contributed by atoms with Gasteiger partial charge in [-0.3, -0.25) is 0 Å². The van der Waals surface area contributed by atoms with Crippen molar-refractivity contribution < 1.29 is 9.47 Å². The Kier molecular flexibility index (Phi) is 3.12. The van der Waals surface area contributed by atoms with Crippen LogP contribution in [0.2, 0.25) is 5.02 Å². The quantitative estimate of drug-likeness (QED) is 0.524. The van der Waals surface area contributed by atoms with Gasteiger partial charge < -0.3 is 9.47 Å². The molecule has 124 valence electrons. The Morgan fingerprint density at radius 3 is 2.64 bits per heavy atom. The minimum Gasteiger partial charge on any atom is -0.454 e. The second kappa shape index (κ2) is 5.36. The maximum absolute atomic E-state index is 6.06. The summed E-state index contributed by atoms with van der Waals surface area (Å²) in [5.41, 5.74) is 4.99. The topological polar surface area (TPSA) is 48.6 Å². The Bertz CT molecular complexity index is 1020. The van der Waals surface area contributed by atoms with Crippen molar-refractivity contribution in [2.24, 2.45) is 5.10 Å². The van der Waals surface area contributed by atoms with E-state index in [-0.39, 0.29) is 6.79 Å². The van der Waals surface area contributed by atoms with Crippen LogP contribution in [0.15, 0.2) is 47.7 Å². The van der Waals surface area contributed by atoms with Crippen LogP contribution in [0.5, 0.6) is 11.5 Å². The van der Waals surface area contributed by atoms with Gasteiger partial charge in [0.05, 0.1) is 17.6 Å². The van der Waals surface area contributed by atoms with E-state index in [1.54, 1.807) is 0 Å². The third-order valence-corrected chi connectivity index (χ3v) is 4.75. The maximum Gasteiger partial charge on any atom is 0.231 e. The van der Waals surface area contributed by atoms with Gasteiger partial charge in [-0.1, -0.05) is 23.7 Å². The van der Waals surface area contributed by atoms with Gasteiger partial charge >= 0.3 is 0 Å². The van der Waals surface area contributed by atoms with Crippen LogP contribution in [0.4, 0.5) is 0 Å². The lowest BCUT2D eigenvalue weighted by Gasteiger charge is -2.11. The first-order valence-electron chi connectivity index (χ1n) is 8.00. The molecule has 0 N–H and O–H groups in total. The van der Waals surface area contributed by atoms with Gasteiger partial charge in [-0.2, -0.15) is 5.10 Å². The lowest BCUT2D eigenvalue weighted by Crippen LogP contribution is -2.07. The molecule has 0 bridgehead atoms. The monoisotopic (exact) mass is 351 g/mol. The largest absolute Gasteiger partial charge is 0.454 e. The van der Waals surface area contributed by atoms with Crippen molar-refractivity contribution >= 4 is 17.3 Å². The second-order valence-corrected chi connectivity index (χ2v) is 6.56. The van der Waals surface area contributed by atoms with Gasteiger partial charge in [0.2, 0.25) is 6.79 Å². The molecule has 3 heterocycles. The van der Waals surface area contributed by atoms with E-state index < -0.39 is 0 Å². The van der Waals surface area contributed by atoms with E-state index >= 15 is 0 Å². The number of imidazole rings is 1. The molecule has 0 radical (unpaired) electrons. The highest BCUT2D eigenvalue weighted by molar-refractivity contribution is 6.30. The summed E-state index contributed by atoms with van der Waals surface area (Å²) in [5.74, 6) is 2.42. The Balaban J connectivity index is 1.78. The highest BCUT2D eigenvalue weighted by Crippen LogP contribution is 2.37. The third kappa shape index (κ3) is 2.31. The first-order valence-corrected chi connectivity index (χ1v) is 8.38. The van der Waals surface area contributed by atoms with Crippen molar-refractivity contribution in [3.05, 3.63) is 75.8 Å². The normalized spacial score (nSPS) is 14.6. The number of hydrogen-bond donors (Lipinski definition) is 0. The molecule has 3 aromatic rings. The number of halogens is 1. The number of fused-ring (bicyclic) bond motifs is 3. The Hall–Kier alpha value is -2.79. The minimum atomic E-state index is 0.249. The zero-order valence-corrected chi connectivity index (χ0v) is 14.2. The van der Waals surface area contributed by atoms with E-state index in [9.17, 15) is 0 Å². The molecule has 0 saturated heterocycles. The van der Waals surface area contributed by atoms with Crippen molar-refractivity contribution in [1.82, 2.24) is 9.66 Å². The molecule has 25 heavy (non-hydrogen) atoms. The lowest BCUT2D eigenvalue weighted by molar-refractivity contribution is 0.174. The van der Waals surface area contributed by atoms with Gasteiger partial charge in [-0.25, -0.2) is 9.66 Å². The molecule has 2 aromatic carbocycles. The Labute approximate surface area is 149 Å². The van der Waals surface area contributed by atoms with Crippen LogP contribution in [0.3, 0.4) is 0 Å². The van der Waals surface area contributed by atoms with Crippen molar-refractivity contribution in [3.63, 3.8) is 0 Å². The highest BCUT2D eigenvalue weighted by atomic mass is 35.5. The smallest absolute Gasteiger partial charge is 0.231 e. The molecule has 5 nitrogen and oxygen atoms in total. The predicted molar refractivity (Wildman–Crippen MR) is 94.8 cm³/mol. The summed E-state index contributed by atoms with van der Waals surface area (Å²) in [6.07, 6.45) is 2.52. The van der Waals surface area contributed by atoms with Crippen LogP contribution in [0.25, 0.3) is 0 Å². The van der Waals surface area contributed by atoms with Gasteiger partial charge in [0.15, 0.2) is 11.5 Å². The standard InChI is InChI=1S/C19H14ClN3O2/c1-11-9-21-18-7-13-6-16-17(25-10-24-16)8-15(13)19(22-23(11)18)12-2-4-14(20)5-3-12/h2-6,8-9H,7,10H2,1H3. The number of rotatable bonds is 1. The maximum atomic E-state index is 6.06. The van der Waals surface area contributed by atoms with E-state index in [0.717, 1.165) is 45.4 Å². The average molecular weight is 352 g/mol. The molecular weight excluding hydrogens is 338 g/mol. The van der Waals surface area contributed by atoms with Crippen LogP contribution in [0.1, 0.15) is 28.2 Å². The molecule has 2 aliphatic rings. The zero-order valence-electron chi connectivity index (χ0n) is 13.5. The molecule has 2 aliphatic heterocycles.